The van der Waals surface area contributed by atoms with Crippen molar-refractivity contribution >= 4 is 5.69 Å². The Morgan fingerprint density at radius 2 is 2.06 bits per heavy atom. The maximum Gasteiger partial charge on any atom is 0.125 e. The lowest BCUT2D eigenvalue weighted by Crippen LogP contribution is -2.42. The number of rotatable bonds is 3. The predicted molar refractivity (Wildman–Crippen MR) is 70.6 cm³/mol. The van der Waals surface area contributed by atoms with Crippen LogP contribution in [0.1, 0.15) is 18.4 Å². The van der Waals surface area contributed by atoms with Crippen molar-refractivity contribution in [1.82, 2.24) is 4.90 Å². The van der Waals surface area contributed by atoms with Gasteiger partial charge in [0.2, 0.25) is 0 Å². The van der Waals surface area contributed by atoms with Gasteiger partial charge in [-0.25, -0.2) is 0 Å². The van der Waals surface area contributed by atoms with Crippen LogP contribution < -0.4 is 10.5 Å². The van der Waals surface area contributed by atoms with Crippen LogP contribution in [-0.2, 0) is 11.3 Å². The minimum Gasteiger partial charge on any atom is -0.496 e. The third-order valence-corrected chi connectivity index (χ3v) is 3.82. The average molecular weight is 248 g/mol. The maximum absolute atomic E-state index is 5.85. The summed E-state index contributed by atoms with van der Waals surface area (Å²) in [4.78, 5) is 2.46. The number of ether oxygens (including phenoxy) is 2. The van der Waals surface area contributed by atoms with Crippen molar-refractivity contribution in [2.24, 2.45) is 0 Å². The number of likely N-dealkylation sites (tertiary alicyclic amines) is 1. The molecule has 0 amide bonds. The third kappa shape index (κ3) is 2.31. The van der Waals surface area contributed by atoms with Crippen molar-refractivity contribution < 1.29 is 9.47 Å². The van der Waals surface area contributed by atoms with Crippen LogP contribution in [0.25, 0.3) is 0 Å². The summed E-state index contributed by atoms with van der Waals surface area (Å²) in [6.07, 6.45) is 3.28. The number of hydrogen-bond donors (Lipinski definition) is 1. The summed E-state index contributed by atoms with van der Waals surface area (Å²) in [5.41, 5.74) is 7.73. The Morgan fingerprint density at radius 3 is 2.72 bits per heavy atom. The molecule has 1 aromatic carbocycles. The van der Waals surface area contributed by atoms with Crippen LogP contribution >= 0.6 is 0 Å². The molecule has 2 unspecified atom stereocenters. The smallest absolute Gasteiger partial charge is 0.125 e. The van der Waals surface area contributed by atoms with E-state index >= 15 is 0 Å². The molecule has 2 aliphatic heterocycles. The third-order valence-electron chi connectivity index (χ3n) is 3.82. The van der Waals surface area contributed by atoms with Gasteiger partial charge in [0.1, 0.15) is 5.75 Å². The second-order valence-corrected chi connectivity index (χ2v) is 5.22. The first-order valence-corrected chi connectivity index (χ1v) is 6.55. The molecule has 2 bridgehead atoms. The molecule has 0 aliphatic carbocycles. The van der Waals surface area contributed by atoms with Gasteiger partial charge < -0.3 is 15.2 Å². The molecule has 2 atom stereocenters. The molecule has 0 saturated carbocycles. The van der Waals surface area contributed by atoms with Gasteiger partial charge in [0.25, 0.3) is 0 Å². The van der Waals surface area contributed by atoms with Crippen LogP contribution in [0.5, 0.6) is 5.75 Å². The molecule has 2 fully saturated rings. The molecule has 2 aliphatic rings. The van der Waals surface area contributed by atoms with Gasteiger partial charge in [-0.2, -0.15) is 0 Å². The maximum atomic E-state index is 5.85. The van der Waals surface area contributed by atoms with Crippen molar-refractivity contribution in [3.05, 3.63) is 23.8 Å². The fourth-order valence-corrected chi connectivity index (χ4v) is 2.96. The summed E-state index contributed by atoms with van der Waals surface area (Å²) in [6.45, 7) is 2.98. The van der Waals surface area contributed by atoms with Crippen molar-refractivity contribution in [3.63, 3.8) is 0 Å². The first-order chi connectivity index (χ1) is 8.74. The van der Waals surface area contributed by atoms with E-state index in [-0.39, 0.29) is 0 Å². The number of benzene rings is 1. The SMILES string of the molecule is COc1cc(N)ccc1CN1CC2CCC(C1)O2. The van der Waals surface area contributed by atoms with E-state index in [0.717, 1.165) is 31.1 Å². The molecule has 1 aromatic rings. The van der Waals surface area contributed by atoms with E-state index in [2.05, 4.69) is 11.0 Å². The van der Waals surface area contributed by atoms with E-state index < -0.39 is 0 Å². The molecule has 3 rings (SSSR count). The van der Waals surface area contributed by atoms with Gasteiger partial charge in [-0.1, -0.05) is 6.07 Å². The van der Waals surface area contributed by atoms with Crippen molar-refractivity contribution in [1.29, 1.82) is 0 Å². The van der Waals surface area contributed by atoms with Crippen LogP contribution in [-0.4, -0.2) is 37.3 Å². The highest BCUT2D eigenvalue weighted by Crippen LogP contribution is 2.29. The topological polar surface area (TPSA) is 47.7 Å². The van der Waals surface area contributed by atoms with Gasteiger partial charge in [-0.15, -0.1) is 0 Å². The van der Waals surface area contributed by atoms with E-state index in [1.54, 1.807) is 7.11 Å². The highest BCUT2D eigenvalue weighted by atomic mass is 16.5. The van der Waals surface area contributed by atoms with Gasteiger partial charge >= 0.3 is 0 Å². The monoisotopic (exact) mass is 248 g/mol. The molecule has 18 heavy (non-hydrogen) atoms. The number of methoxy groups -OCH3 is 1. The van der Waals surface area contributed by atoms with Crippen molar-refractivity contribution in [2.75, 3.05) is 25.9 Å². The molecule has 4 nitrogen and oxygen atoms in total. The zero-order valence-electron chi connectivity index (χ0n) is 10.8. The van der Waals surface area contributed by atoms with E-state index in [1.807, 2.05) is 12.1 Å². The van der Waals surface area contributed by atoms with Crippen LogP contribution in [0.4, 0.5) is 5.69 Å². The summed E-state index contributed by atoms with van der Waals surface area (Å²) in [5.74, 6) is 0.883. The minimum absolute atomic E-state index is 0.434. The lowest BCUT2D eigenvalue weighted by atomic mass is 10.1. The average Bonchev–Trinajstić information content (AvgIpc) is 2.71. The molecule has 2 heterocycles. The highest BCUT2D eigenvalue weighted by Gasteiger charge is 2.33. The van der Waals surface area contributed by atoms with Crippen LogP contribution in [0.15, 0.2) is 18.2 Å². The van der Waals surface area contributed by atoms with Gasteiger partial charge in [0, 0.05) is 37.0 Å². The Kier molecular flexibility index (Phi) is 3.14. The minimum atomic E-state index is 0.434. The fourth-order valence-electron chi connectivity index (χ4n) is 2.96. The highest BCUT2D eigenvalue weighted by molar-refractivity contribution is 5.48. The molecule has 0 radical (unpaired) electrons. The second-order valence-electron chi connectivity index (χ2n) is 5.22. The number of anilines is 1. The number of nitrogens with two attached hydrogens (primary N) is 1. The molecule has 0 spiro atoms. The summed E-state index contributed by atoms with van der Waals surface area (Å²) in [5, 5.41) is 0. The predicted octanol–water partition coefficient (Wildman–Crippen LogP) is 1.64. The van der Waals surface area contributed by atoms with E-state index in [4.69, 9.17) is 15.2 Å². The second kappa shape index (κ2) is 4.78. The number of morpholine rings is 1. The summed E-state index contributed by atoms with van der Waals surface area (Å²) in [7, 11) is 1.70. The fraction of sp³-hybridized carbons (Fsp3) is 0.571. The Labute approximate surface area is 108 Å². The number of nitrogens with zero attached hydrogens (tertiary/aromatic N) is 1. The first kappa shape index (κ1) is 11.8. The molecule has 0 aromatic heterocycles. The van der Waals surface area contributed by atoms with Crippen LogP contribution in [0.3, 0.4) is 0 Å². The molecule has 4 heteroatoms. The van der Waals surface area contributed by atoms with Gasteiger partial charge in [0.05, 0.1) is 19.3 Å². The van der Waals surface area contributed by atoms with Gasteiger partial charge in [-0.05, 0) is 18.9 Å². The molecule has 2 saturated heterocycles. The lowest BCUT2D eigenvalue weighted by molar-refractivity contribution is -0.0412. The largest absolute Gasteiger partial charge is 0.496 e. The molecule has 98 valence electrons. The Bertz CT molecular complexity index is 424. The van der Waals surface area contributed by atoms with E-state index in [9.17, 15) is 0 Å². The normalized spacial score (nSPS) is 27.4. The number of fused-ring (bicyclic) bond motifs is 2. The van der Waals surface area contributed by atoms with Crippen molar-refractivity contribution in [3.8, 4) is 5.75 Å². The Morgan fingerprint density at radius 1 is 1.33 bits per heavy atom. The standard InChI is InChI=1S/C14H20N2O2/c1-17-14-6-11(15)3-2-10(14)7-16-8-12-4-5-13(9-16)18-12/h2-3,6,12-13H,4-5,7-9,15H2,1H3. The van der Waals surface area contributed by atoms with E-state index in [0.29, 0.717) is 12.2 Å². The summed E-state index contributed by atoms with van der Waals surface area (Å²) in [6, 6.07) is 5.89. The summed E-state index contributed by atoms with van der Waals surface area (Å²) >= 11 is 0. The van der Waals surface area contributed by atoms with Crippen molar-refractivity contribution in [2.45, 2.75) is 31.6 Å². The molecular weight excluding hydrogens is 228 g/mol. The first-order valence-electron chi connectivity index (χ1n) is 6.55. The number of nitrogen functional groups attached to an aromatic ring is 1. The van der Waals surface area contributed by atoms with Crippen LogP contribution in [0.2, 0.25) is 0 Å². The quantitative estimate of drug-likeness (QED) is 0.826. The Hall–Kier alpha value is -1.26. The molecular formula is C14H20N2O2. The zero-order chi connectivity index (χ0) is 12.5. The summed E-state index contributed by atoms with van der Waals surface area (Å²) < 4.78 is 11.2. The Balaban J connectivity index is 1.72. The molecule has 2 N–H and O–H groups in total. The zero-order valence-corrected chi connectivity index (χ0v) is 10.8. The number of hydrogen-bond acceptors (Lipinski definition) is 4. The van der Waals surface area contributed by atoms with Crippen LogP contribution in [0, 0.1) is 0 Å². The van der Waals surface area contributed by atoms with Gasteiger partial charge in [0.15, 0.2) is 0 Å². The lowest BCUT2D eigenvalue weighted by Gasteiger charge is -2.32. The van der Waals surface area contributed by atoms with Gasteiger partial charge in [-0.3, -0.25) is 4.90 Å². The van der Waals surface area contributed by atoms with E-state index in [1.165, 1.54) is 18.4 Å².